The molecule has 0 bridgehead atoms. The molecule has 0 aliphatic carbocycles. The van der Waals surface area contributed by atoms with E-state index >= 15 is 0 Å². The van der Waals surface area contributed by atoms with Crippen LogP contribution in [0.5, 0.6) is 0 Å². The van der Waals surface area contributed by atoms with Crippen molar-refractivity contribution >= 4 is 0 Å². The molecule has 1 unspecified atom stereocenters. The SMILES string of the molecule is CC(C)CNCC(C(C)C)N(C)C(C)C. The Balaban J connectivity index is 4.05. The van der Waals surface area contributed by atoms with Gasteiger partial charge in [-0.05, 0) is 39.3 Å². The van der Waals surface area contributed by atoms with Gasteiger partial charge in [-0.2, -0.15) is 0 Å². The first-order valence-corrected chi connectivity index (χ1v) is 6.28. The molecular formula is C13H30N2. The molecule has 0 aromatic heterocycles. The van der Waals surface area contributed by atoms with Crippen LogP contribution in [0.25, 0.3) is 0 Å². The summed E-state index contributed by atoms with van der Waals surface area (Å²) in [5.41, 5.74) is 0. The van der Waals surface area contributed by atoms with Crippen LogP contribution in [0.2, 0.25) is 0 Å². The van der Waals surface area contributed by atoms with Gasteiger partial charge in [0.15, 0.2) is 0 Å². The van der Waals surface area contributed by atoms with E-state index in [-0.39, 0.29) is 0 Å². The van der Waals surface area contributed by atoms with Crippen molar-refractivity contribution in [2.75, 3.05) is 20.1 Å². The lowest BCUT2D eigenvalue weighted by molar-refractivity contribution is 0.149. The Morgan fingerprint density at radius 1 is 0.933 bits per heavy atom. The lowest BCUT2D eigenvalue weighted by Crippen LogP contribution is -2.47. The molecule has 0 aliphatic rings. The fraction of sp³-hybridized carbons (Fsp3) is 1.00. The molecule has 2 heteroatoms. The number of nitrogens with one attached hydrogen (secondary N) is 1. The van der Waals surface area contributed by atoms with Crippen molar-refractivity contribution in [2.45, 2.75) is 53.6 Å². The van der Waals surface area contributed by atoms with Crippen LogP contribution in [-0.4, -0.2) is 37.1 Å². The Morgan fingerprint density at radius 2 is 1.47 bits per heavy atom. The van der Waals surface area contributed by atoms with Gasteiger partial charge in [0, 0.05) is 18.6 Å². The molecule has 1 N–H and O–H groups in total. The van der Waals surface area contributed by atoms with E-state index < -0.39 is 0 Å². The van der Waals surface area contributed by atoms with E-state index in [1.807, 2.05) is 0 Å². The zero-order valence-electron chi connectivity index (χ0n) is 11.7. The van der Waals surface area contributed by atoms with Crippen LogP contribution in [0.4, 0.5) is 0 Å². The average molecular weight is 214 g/mol. The third-order valence-corrected chi connectivity index (χ3v) is 3.01. The molecule has 0 aromatic carbocycles. The summed E-state index contributed by atoms with van der Waals surface area (Å²) in [6.07, 6.45) is 0. The van der Waals surface area contributed by atoms with Crippen LogP contribution < -0.4 is 5.32 Å². The Hall–Kier alpha value is -0.0800. The molecule has 0 amide bonds. The van der Waals surface area contributed by atoms with Crippen LogP contribution >= 0.6 is 0 Å². The fourth-order valence-electron chi connectivity index (χ4n) is 1.75. The number of hydrogen-bond donors (Lipinski definition) is 1. The predicted molar refractivity (Wildman–Crippen MR) is 69.2 cm³/mol. The molecule has 2 nitrogen and oxygen atoms in total. The fourth-order valence-corrected chi connectivity index (χ4v) is 1.75. The van der Waals surface area contributed by atoms with Gasteiger partial charge < -0.3 is 5.32 Å². The summed E-state index contributed by atoms with van der Waals surface area (Å²) in [6, 6.07) is 1.27. The highest BCUT2D eigenvalue weighted by Gasteiger charge is 2.20. The minimum absolute atomic E-state index is 0.623. The summed E-state index contributed by atoms with van der Waals surface area (Å²) in [5, 5.41) is 3.56. The number of nitrogens with zero attached hydrogens (tertiary/aromatic N) is 1. The van der Waals surface area contributed by atoms with E-state index in [0.717, 1.165) is 19.0 Å². The van der Waals surface area contributed by atoms with Crippen molar-refractivity contribution in [3.63, 3.8) is 0 Å². The molecule has 0 aliphatic heterocycles. The molecule has 0 aromatic rings. The van der Waals surface area contributed by atoms with Gasteiger partial charge in [0.25, 0.3) is 0 Å². The standard InChI is InChI=1S/C13H30N2/c1-10(2)8-14-9-13(11(3)4)15(7)12(5)6/h10-14H,8-9H2,1-7H3. The number of rotatable bonds is 7. The van der Waals surface area contributed by atoms with Crippen molar-refractivity contribution in [3.05, 3.63) is 0 Å². The zero-order valence-corrected chi connectivity index (χ0v) is 11.7. The van der Waals surface area contributed by atoms with E-state index in [1.54, 1.807) is 0 Å². The van der Waals surface area contributed by atoms with Gasteiger partial charge in [-0.3, -0.25) is 4.90 Å². The largest absolute Gasteiger partial charge is 0.315 e. The third-order valence-electron chi connectivity index (χ3n) is 3.01. The van der Waals surface area contributed by atoms with Crippen LogP contribution in [0.1, 0.15) is 41.5 Å². The maximum absolute atomic E-state index is 3.56. The van der Waals surface area contributed by atoms with Crippen molar-refractivity contribution in [1.29, 1.82) is 0 Å². The maximum Gasteiger partial charge on any atom is 0.0243 e. The Bertz CT molecular complexity index is 153. The molecule has 1 atom stereocenters. The highest BCUT2D eigenvalue weighted by Crippen LogP contribution is 2.11. The molecule has 0 spiro atoms. The molecule has 0 heterocycles. The maximum atomic E-state index is 3.56. The Kier molecular flexibility index (Phi) is 7.20. The Labute approximate surface area is 96.4 Å². The lowest BCUT2D eigenvalue weighted by Gasteiger charge is -2.34. The molecule has 0 saturated heterocycles. The first kappa shape index (κ1) is 14.9. The molecule has 0 saturated carbocycles. The third kappa shape index (κ3) is 6.16. The smallest absolute Gasteiger partial charge is 0.0243 e. The normalized spacial score (nSPS) is 14.6. The second-order valence-corrected chi connectivity index (χ2v) is 5.62. The molecule has 0 radical (unpaired) electrons. The Morgan fingerprint density at radius 3 is 1.80 bits per heavy atom. The van der Waals surface area contributed by atoms with Gasteiger partial charge in [-0.1, -0.05) is 27.7 Å². The minimum atomic E-state index is 0.623. The lowest BCUT2D eigenvalue weighted by atomic mass is 10.0. The summed E-state index contributed by atoms with van der Waals surface area (Å²) < 4.78 is 0. The van der Waals surface area contributed by atoms with Gasteiger partial charge in [-0.15, -0.1) is 0 Å². The van der Waals surface area contributed by atoms with E-state index in [4.69, 9.17) is 0 Å². The van der Waals surface area contributed by atoms with Gasteiger partial charge in [0.2, 0.25) is 0 Å². The topological polar surface area (TPSA) is 15.3 Å². The van der Waals surface area contributed by atoms with Crippen LogP contribution in [0.3, 0.4) is 0 Å². The van der Waals surface area contributed by atoms with Crippen molar-refractivity contribution in [3.8, 4) is 0 Å². The van der Waals surface area contributed by atoms with E-state index in [9.17, 15) is 0 Å². The summed E-state index contributed by atoms with van der Waals surface area (Å²) >= 11 is 0. The first-order valence-electron chi connectivity index (χ1n) is 6.28. The molecular weight excluding hydrogens is 184 g/mol. The summed E-state index contributed by atoms with van der Waals surface area (Å²) in [7, 11) is 2.23. The second kappa shape index (κ2) is 7.24. The zero-order chi connectivity index (χ0) is 12.0. The number of likely N-dealkylation sites (N-methyl/N-ethyl adjacent to an activating group) is 1. The predicted octanol–water partition coefficient (Wildman–Crippen LogP) is 2.60. The highest BCUT2D eigenvalue weighted by atomic mass is 15.2. The minimum Gasteiger partial charge on any atom is -0.315 e. The molecule has 92 valence electrons. The molecule has 0 fully saturated rings. The van der Waals surface area contributed by atoms with Crippen molar-refractivity contribution < 1.29 is 0 Å². The summed E-state index contributed by atoms with van der Waals surface area (Å²) in [4.78, 5) is 2.47. The number of hydrogen-bond acceptors (Lipinski definition) is 2. The van der Waals surface area contributed by atoms with E-state index in [1.165, 1.54) is 0 Å². The quantitative estimate of drug-likeness (QED) is 0.701. The van der Waals surface area contributed by atoms with Crippen molar-refractivity contribution in [2.24, 2.45) is 11.8 Å². The van der Waals surface area contributed by atoms with Gasteiger partial charge in [0.1, 0.15) is 0 Å². The monoisotopic (exact) mass is 214 g/mol. The molecule has 0 rings (SSSR count). The van der Waals surface area contributed by atoms with E-state index in [2.05, 4.69) is 58.8 Å². The van der Waals surface area contributed by atoms with Gasteiger partial charge in [0.05, 0.1) is 0 Å². The average Bonchev–Trinajstić information content (AvgIpc) is 2.10. The first-order chi connectivity index (χ1) is 6.86. The van der Waals surface area contributed by atoms with Gasteiger partial charge >= 0.3 is 0 Å². The van der Waals surface area contributed by atoms with E-state index in [0.29, 0.717) is 18.0 Å². The van der Waals surface area contributed by atoms with Crippen molar-refractivity contribution in [1.82, 2.24) is 10.2 Å². The highest BCUT2D eigenvalue weighted by molar-refractivity contribution is 4.77. The molecule has 15 heavy (non-hydrogen) atoms. The van der Waals surface area contributed by atoms with Crippen LogP contribution in [0, 0.1) is 11.8 Å². The summed E-state index contributed by atoms with van der Waals surface area (Å²) in [6.45, 7) is 15.9. The van der Waals surface area contributed by atoms with Crippen LogP contribution in [-0.2, 0) is 0 Å². The summed E-state index contributed by atoms with van der Waals surface area (Å²) in [5.74, 6) is 1.44. The van der Waals surface area contributed by atoms with Crippen LogP contribution in [0.15, 0.2) is 0 Å². The second-order valence-electron chi connectivity index (χ2n) is 5.62. The van der Waals surface area contributed by atoms with Gasteiger partial charge in [-0.25, -0.2) is 0 Å².